The number of allylic oxidation sites excluding steroid dienone is 6. The monoisotopic (exact) mass is 798 g/mol. The molecule has 4 rings (SSSR count). The van der Waals surface area contributed by atoms with E-state index in [0.717, 1.165) is 78.9 Å². The topological polar surface area (TPSA) is 170 Å². The molecule has 3 N–H and O–H groups in total. The molecule has 55 heavy (non-hydrogen) atoms. The summed E-state index contributed by atoms with van der Waals surface area (Å²) < 4.78 is 73.6. The number of benzene rings is 2. The minimum absolute atomic E-state index is 0.000921. The molecule has 0 aliphatic carbocycles. The van der Waals surface area contributed by atoms with Crippen molar-refractivity contribution in [3.63, 3.8) is 0 Å². The van der Waals surface area contributed by atoms with Crippen LogP contribution in [-0.2, 0) is 45.4 Å². The Hall–Kier alpha value is -4.11. The standard InChI is InChI=1S/C41H55N3O9S2/c1-40(2)33-30-31(55(50,51)52)24-25-35(33)43(27-16-8-11-22-38(45)42-4)36(40)20-9-6-10-21-37-41(3,26-15-7-12-23-39(46)53-5)32-18-13-14-19-34(32)44(37)28-17-29-54(47,48)49/h6,9-10,13-14,18-21,24-25,30H,7-8,11-12,15-17,22-23,26-29H2,1-5H3,(H2-,42,45,47,48,49,50,51,52)/p+1. The summed E-state index contributed by atoms with van der Waals surface area (Å²) in [6, 6.07) is 12.8. The predicted octanol–water partition coefficient (Wildman–Crippen LogP) is 6.79. The quantitative estimate of drug-likeness (QED) is 0.0426. The molecule has 1 atom stereocenters. The van der Waals surface area contributed by atoms with Gasteiger partial charge in [0.15, 0.2) is 5.71 Å². The van der Waals surface area contributed by atoms with Gasteiger partial charge in [0.2, 0.25) is 11.6 Å². The Morgan fingerprint density at radius 1 is 0.873 bits per heavy atom. The molecule has 2 aliphatic rings. The number of methoxy groups -OCH3 is 1. The summed E-state index contributed by atoms with van der Waals surface area (Å²) in [6.45, 7) is 7.27. The van der Waals surface area contributed by atoms with Crippen LogP contribution in [0.2, 0.25) is 0 Å². The van der Waals surface area contributed by atoms with Crippen molar-refractivity contribution >= 4 is 49.2 Å². The molecule has 0 saturated carbocycles. The number of rotatable bonds is 20. The van der Waals surface area contributed by atoms with Gasteiger partial charge in [-0.1, -0.05) is 49.3 Å². The Kier molecular flexibility index (Phi) is 14.8. The van der Waals surface area contributed by atoms with Crippen molar-refractivity contribution in [1.29, 1.82) is 0 Å². The summed E-state index contributed by atoms with van der Waals surface area (Å²) in [6.07, 6.45) is 16.5. The zero-order valence-electron chi connectivity index (χ0n) is 32.6. The van der Waals surface area contributed by atoms with Gasteiger partial charge in [0.25, 0.3) is 20.2 Å². The zero-order valence-corrected chi connectivity index (χ0v) is 34.2. The molecule has 300 valence electrons. The van der Waals surface area contributed by atoms with Crippen LogP contribution in [0, 0.1) is 0 Å². The van der Waals surface area contributed by atoms with E-state index >= 15 is 0 Å². The Labute approximate surface area is 326 Å². The first-order valence-corrected chi connectivity index (χ1v) is 21.9. The fourth-order valence-electron chi connectivity index (χ4n) is 7.72. The van der Waals surface area contributed by atoms with Crippen LogP contribution < -0.4 is 10.2 Å². The number of hydrogen-bond acceptors (Lipinski definition) is 8. The van der Waals surface area contributed by atoms with Crippen molar-refractivity contribution in [3.05, 3.63) is 89.7 Å². The summed E-state index contributed by atoms with van der Waals surface area (Å²) in [4.78, 5) is 25.4. The number of hydrogen-bond donors (Lipinski definition) is 3. The Morgan fingerprint density at radius 2 is 1.58 bits per heavy atom. The molecule has 2 aromatic carbocycles. The van der Waals surface area contributed by atoms with Crippen LogP contribution in [0.25, 0.3) is 0 Å². The smallest absolute Gasteiger partial charge is 0.305 e. The molecule has 0 aromatic heterocycles. The van der Waals surface area contributed by atoms with Crippen molar-refractivity contribution < 1.29 is 44.8 Å². The summed E-state index contributed by atoms with van der Waals surface area (Å²) >= 11 is 0. The Balaban J connectivity index is 1.65. The molecule has 12 nitrogen and oxygen atoms in total. The van der Waals surface area contributed by atoms with Crippen LogP contribution in [-0.4, -0.2) is 81.1 Å². The van der Waals surface area contributed by atoms with Crippen LogP contribution in [0.15, 0.2) is 83.4 Å². The number of carbonyl (C=O) groups is 2. The SMILES string of the molecule is CNC(=O)CCCCC[N+]1=C(C=CC=CC=C2N(CCCS(=O)(=O)O)c3ccccc3C2(C)CCCCCC(=O)OC)C(C)(C)c2cc(S(=O)(=O)O)ccc21. The maximum Gasteiger partial charge on any atom is 0.305 e. The second-order valence-corrected chi connectivity index (χ2v) is 17.9. The summed E-state index contributed by atoms with van der Waals surface area (Å²) in [5, 5.41) is 2.65. The van der Waals surface area contributed by atoms with Crippen molar-refractivity contribution in [2.45, 2.75) is 101 Å². The van der Waals surface area contributed by atoms with E-state index in [-0.39, 0.29) is 28.9 Å². The number of nitrogens with zero attached hydrogens (tertiary/aromatic N) is 2. The molecular weight excluding hydrogens is 743 g/mol. The number of anilines is 1. The van der Waals surface area contributed by atoms with E-state index in [0.29, 0.717) is 25.9 Å². The highest BCUT2D eigenvalue weighted by molar-refractivity contribution is 7.86. The molecule has 1 unspecified atom stereocenters. The van der Waals surface area contributed by atoms with Gasteiger partial charge in [-0.05, 0) is 82.7 Å². The molecule has 14 heteroatoms. The summed E-state index contributed by atoms with van der Waals surface area (Å²) in [7, 11) is -5.52. The van der Waals surface area contributed by atoms with Gasteiger partial charge in [-0.25, -0.2) is 0 Å². The van der Waals surface area contributed by atoms with Gasteiger partial charge >= 0.3 is 5.97 Å². The maximum absolute atomic E-state index is 12.1. The largest absolute Gasteiger partial charge is 0.469 e. The van der Waals surface area contributed by atoms with Crippen LogP contribution in [0.5, 0.6) is 0 Å². The molecule has 0 bridgehead atoms. The van der Waals surface area contributed by atoms with Gasteiger partial charge in [-0.15, -0.1) is 0 Å². The van der Waals surface area contributed by atoms with Gasteiger partial charge < -0.3 is 15.0 Å². The number of para-hydroxylation sites is 1. The van der Waals surface area contributed by atoms with Crippen LogP contribution in [0.1, 0.15) is 96.1 Å². The highest BCUT2D eigenvalue weighted by Gasteiger charge is 2.45. The molecule has 0 radical (unpaired) electrons. The molecule has 1 amide bonds. The maximum atomic E-state index is 12.1. The van der Waals surface area contributed by atoms with Crippen molar-refractivity contribution in [3.8, 4) is 0 Å². The lowest BCUT2D eigenvalue weighted by Crippen LogP contribution is -2.30. The van der Waals surface area contributed by atoms with E-state index < -0.39 is 31.1 Å². The number of fused-ring (bicyclic) bond motifs is 2. The lowest BCUT2D eigenvalue weighted by Gasteiger charge is -2.30. The number of nitrogens with one attached hydrogen (secondary N) is 1. The minimum Gasteiger partial charge on any atom is -0.469 e. The zero-order chi connectivity index (χ0) is 40.4. The average Bonchev–Trinajstić information content (AvgIpc) is 3.49. The highest BCUT2D eigenvalue weighted by Crippen LogP contribution is 2.50. The normalized spacial score (nSPS) is 18.7. The fourth-order valence-corrected chi connectivity index (χ4v) is 8.72. The Morgan fingerprint density at radius 3 is 2.27 bits per heavy atom. The average molecular weight is 799 g/mol. The van der Waals surface area contributed by atoms with Gasteiger partial charge in [-0.2, -0.15) is 21.4 Å². The first-order chi connectivity index (χ1) is 25.9. The lowest BCUT2D eigenvalue weighted by atomic mass is 9.77. The number of carbonyl (C=O) groups excluding carboxylic acids is 2. The molecule has 2 aliphatic heterocycles. The van der Waals surface area contributed by atoms with Crippen LogP contribution >= 0.6 is 0 Å². The molecule has 2 heterocycles. The fraction of sp³-hybridized carbons (Fsp3) is 0.488. The highest BCUT2D eigenvalue weighted by atomic mass is 32.2. The number of amides is 1. The molecule has 2 aromatic rings. The third-order valence-electron chi connectivity index (χ3n) is 10.7. The number of esters is 1. The van der Waals surface area contributed by atoms with E-state index in [2.05, 4.69) is 27.8 Å². The predicted molar refractivity (Wildman–Crippen MR) is 215 cm³/mol. The van der Waals surface area contributed by atoms with Gasteiger partial charge in [0.1, 0.15) is 6.54 Å². The Bertz CT molecular complexity index is 2070. The molecule has 0 fully saturated rings. The van der Waals surface area contributed by atoms with Gasteiger partial charge in [-0.3, -0.25) is 18.7 Å². The third kappa shape index (κ3) is 11.0. The first-order valence-electron chi connectivity index (χ1n) is 18.9. The third-order valence-corrected chi connectivity index (χ3v) is 12.3. The van der Waals surface area contributed by atoms with Gasteiger partial charge in [0, 0.05) is 67.4 Å². The molecule has 0 spiro atoms. The van der Waals surface area contributed by atoms with Crippen LogP contribution in [0.4, 0.5) is 11.4 Å². The van der Waals surface area contributed by atoms with E-state index in [1.807, 2.05) is 62.4 Å². The second kappa shape index (κ2) is 18.7. The van der Waals surface area contributed by atoms with Crippen molar-refractivity contribution in [1.82, 2.24) is 5.32 Å². The minimum atomic E-state index is -4.40. The first kappa shape index (κ1) is 43.6. The lowest BCUT2D eigenvalue weighted by molar-refractivity contribution is -0.438. The molecule has 0 saturated heterocycles. The summed E-state index contributed by atoms with van der Waals surface area (Å²) in [5.74, 6) is -0.580. The van der Waals surface area contributed by atoms with E-state index in [1.54, 1.807) is 13.1 Å². The van der Waals surface area contributed by atoms with E-state index in [9.17, 15) is 35.5 Å². The molecular formula is C41H56N3O9S2+. The second-order valence-electron chi connectivity index (χ2n) is 14.9. The number of ether oxygens (including phenoxy) is 1. The van der Waals surface area contributed by atoms with E-state index in [1.165, 1.54) is 19.2 Å². The van der Waals surface area contributed by atoms with Crippen LogP contribution in [0.3, 0.4) is 0 Å². The van der Waals surface area contributed by atoms with Crippen molar-refractivity contribution in [2.75, 3.05) is 37.9 Å². The summed E-state index contributed by atoms with van der Waals surface area (Å²) in [5.41, 5.74) is 4.71. The van der Waals surface area contributed by atoms with Crippen molar-refractivity contribution in [2.24, 2.45) is 0 Å². The number of unbranched alkanes of at least 4 members (excludes halogenated alkanes) is 4. The van der Waals surface area contributed by atoms with E-state index in [4.69, 9.17) is 4.74 Å². The van der Waals surface area contributed by atoms with Gasteiger partial charge in [0.05, 0.1) is 23.2 Å².